The molecule has 0 unspecified atom stereocenters. The van der Waals surface area contributed by atoms with Crippen molar-refractivity contribution >= 4 is 11.7 Å². The Balaban J connectivity index is 1.83. The molecule has 1 amide bonds. The van der Waals surface area contributed by atoms with Crippen LogP contribution in [-0.2, 0) is 4.79 Å². The Bertz CT molecular complexity index is 489. The molecule has 0 spiro atoms. The fraction of sp³-hybridized carbons (Fsp3) is 0.556. The summed E-state index contributed by atoms with van der Waals surface area (Å²) in [4.78, 5) is 28.6. The lowest BCUT2D eigenvalue weighted by Gasteiger charge is -2.32. The van der Waals surface area contributed by atoms with Crippen LogP contribution in [0.25, 0.3) is 0 Å². The second-order valence-corrected chi connectivity index (χ2v) is 5.85. The van der Waals surface area contributed by atoms with Gasteiger partial charge in [-0.15, -0.1) is 0 Å². The Morgan fingerprint density at radius 2 is 1.68 bits per heavy atom. The molecule has 0 radical (unpaired) electrons. The number of carbonyl (C=O) groups excluding carboxylic acids is 2. The molecule has 2 rings (SSSR count). The number of hydrogen-bond donors (Lipinski definition) is 0. The van der Waals surface area contributed by atoms with E-state index in [2.05, 4.69) is 4.90 Å². The van der Waals surface area contributed by atoms with Crippen molar-refractivity contribution in [2.24, 2.45) is 5.92 Å². The van der Waals surface area contributed by atoms with Crippen LogP contribution in [0.4, 0.5) is 0 Å². The van der Waals surface area contributed by atoms with Gasteiger partial charge in [-0.2, -0.15) is 0 Å². The van der Waals surface area contributed by atoms with Crippen LogP contribution in [0.3, 0.4) is 0 Å². The molecule has 1 aliphatic rings. The largest absolute Gasteiger partial charge is 0.342 e. The number of likely N-dealkylation sites (N-methyl/N-ethyl adjacent to an activating group) is 1. The highest BCUT2D eigenvalue weighted by Gasteiger charge is 2.27. The zero-order valence-corrected chi connectivity index (χ0v) is 13.6. The Labute approximate surface area is 133 Å². The number of amides is 1. The van der Waals surface area contributed by atoms with Gasteiger partial charge in [0, 0.05) is 24.6 Å². The number of ketones is 1. The summed E-state index contributed by atoms with van der Waals surface area (Å²) in [6.07, 6.45) is 1.69. The monoisotopic (exact) mass is 302 g/mol. The van der Waals surface area contributed by atoms with Crippen molar-refractivity contribution in [3.8, 4) is 0 Å². The maximum Gasteiger partial charge on any atom is 0.236 e. The van der Waals surface area contributed by atoms with Crippen molar-refractivity contribution in [2.45, 2.75) is 26.7 Å². The first-order chi connectivity index (χ1) is 10.7. The smallest absolute Gasteiger partial charge is 0.236 e. The van der Waals surface area contributed by atoms with Crippen molar-refractivity contribution in [3.63, 3.8) is 0 Å². The zero-order chi connectivity index (χ0) is 15.9. The van der Waals surface area contributed by atoms with E-state index in [1.165, 1.54) is 0 Å². The Morgan fingerprint density at radius 3 is 2.23 bits per heavy atom. The second kappa shape index (κ2) is 8.08. The SMILES string of the molecule is CCN(CC)C(=O)CN1CCC(C(=O)c2ccccc2)CC1. The molecule has 1 aromatic rings. The number of likely N-dealkylation sites (tertiary alicyclic amines) is 1. The van der Waals surface area contributed by atoms with Crippen molar-refractivity contribution in [3.05, 3.63) is 35.9 Å². The van der Waals surface area contributed by atoms with E-state index < -0.39 is 0 Å². The van der Waals surface area contributed by atoms with Crippen LogP contribution >= 0.6 is 0 Å². The lowest BCUT2D eigenvalue weighted by molar-refractivity contribution is -0.132. The fourth-order valence-electron chi connectivity index (χ4n) is 3.06. The third kappa shape index (κ3) is 4.17. The number of carbonyl (C=O) groups is 2. The van der Waals surface area contributed by atoms with E-state index in [0.717, 1.165) is 44.6 Å². The van der Waals surface area contributed by atoms with Gasteiger partial charge in [0.05, 0.1) is 6.54 Å². The number of benzene rings is 1. The summed E-state index contributed by atoms with van der Waals surface area (Å²) in [5.41, 5.74) is 0.806. The highest BCUT2D eigenvalue weighted by molar-refractivity contribution is 5.97. The normalized spacial score (nSPS) is 16.5. The molecule has 22 heavy (non-hydrogen) atoms. The quantitative estimate of drug-likeness (QED) is 0.758. The van der Waals surface area contributed by atoms with E-state index in [0.29, 0.717) is 6.54 Å². The van der Waals surface area contributed by atoms with Gasteiger partial charge in [-0.05, 0) is 39.8 Å². The molecule has 1 fully saturated rings. The fourth-order valence-corrected chi connectivity index (χ4v) is 3.06. The van der Waals surface area contributed by atoms with Gasteiger partial charge in [-0.1, -0.05) is 30.3 Å². The van der Waals surface area contributed by atoms with Gasteiger partial charge in [-0.25, -0.2) is 0 Å². The van der Waals surface area contributed by atoms with E-state index in [9.17, 15) is 9.59 Å². The Hall–Kier alpha value is -1.68. The molecule has 0 saturated carbocycles. The first kappa shape index (κ1) is 16.7. The lowest BCUT2D eigenvalue weighted by atomic mass is 9.89. The van der Waals surface area contributed by atoms with Crippen LogP contribution < -0.4 is 0 Å². The minimum absolute atomic E-state index is 0.0993. The van der Waals surface area contributed by atoms with Crippen LogP contribution in [-0.4, -0.2) is 54.2 Å². The first-order valence-corrected chi connectivity index (χ1v) is 8.25. The third-order valence-corrected chi connectivity index (χ3v) is 4.49. The van der Waals surface area contributed by atoms with Gasteiger partial charge in [-0.3, -0.25) is 14.5 Å². The van der Waals surface area contributed by atoms with Gasteiger partial charge in [0.1, 0.15) is 0 Å². The maximum absolute atomic E-state index is 12.4. The highest BCUT2D eigenvalue weighted by Crippen LogP contribution is 2.21. The molecule has 1 aromatic carbocycles. The number of rotatable bonds is 6. The van der Waals surface area contributed by atoms with Gasteiger partial charge in [0.2, 0.25) is 5.91 Å². The maximum atomic E-state index is 12.4. The summed E-state index contributed by atoms with van der Waals surface area (Å²) >= 11 is 0. The van der Waals surface area contributed by atoms with Crippen molar-refractivity contribution in [2.75, 3.05) is 32.7 Å². The summed E-state index contributed by atoms with van der Waals surface area (Å²) in [5.74, 6) is 0.537. The molecule has 0 bridgehead atoms. The molecule has 4 nitrogen and oxygen atoms in total. The van der Waals surface area contributed by atoms with E-state index in [-0.39, 0.29) is 17.6 Å². The third-order valence-electron chi connectivity index (χ3n) is 4.49. The topological polar surface area (TPSA) is 40.6 Å². The number of hydrogen-bond acceptors (Lipinski definition) is 3. The molecule has 0 N–H and O–H groups in total. The molecule has 0 aromatic heterocycles. The highest BCUT2D eigenvalue weighted by atomic mass is 16.2. The van der Waals surface area contributed by atoms with E-state index >= 15 is 0 Å². The molecule has 4 heteroatoms. The number of nitrogens with zero attached hydrogens (tertiary/aromatic N) is 2. The van der Waals surface area contributed by atoms with Crippen LogP contribution in [0.2, 0.25) is 0 Å². The second-order valence-electron chi connectivity index (χ2n) is 5.85. The van der Waals surface area contributed by atoms with Gasteiger partial charge in [0.15, 0.2) is 5.78 Å². The van der Waals surface area contributed by atoms with Crippen molar-refractivity contribution in [1.29, 1.82) is 0 Å². The molecular formula is C18H26N2O2. The molecule has 1 heterocycles. The molecular weight excluding hydrogens is 276 g/mol. The van der Waals surface area contributed by atoms with E-state index in [1.54, 1.807) is 0 Å². The van der Waals surface area contributed by atoms with Crippen LogP contribution in [0, 0.1) is 5.92 Å². The minimum atomic E-state index is 0.0993. The average molecular weight is 302 g/mol. The average Bonchev–Trinajstić information content (AvgIpc) is 2.57. The number of Topliss-reactive ketones (excluding diaryl/α,β-unsaturated/α-hetero) is 1. The summed E-state index contributed by atoms with van der Waals surface area (Å²) in [7, 11) is 0. The van der Waals surface area contributed by atoms with Gasteiger partial charge in [0.25, 0.3) is 0 Å². The summed E-state index contributed by atoms with van der Waals surface area (Å²) in [6, 6.07) is 9.52. The first-order valence-electron chi connectivity index (χ1n) is 8.25. The Morgan fingerprint density at radius 1 is 1.09 bits per heavy atom. The van der Waals surface area contributed by atoms with E-state index in [4.69, 9.17) is 0 Å². The van der Waals surface area contributed by atoms with Crippen molar-refractivity contribution in [1.82, 2.24) is 9.80 Å². The minimum Gasteiger partial charge on any atom is -0.342 e. The predicted molar refractivity (Wildman–Crippen MR) is 87.9 cm³/mol. The predicted octanol–water partition coefficient (Wildman–Crippen LogP) is 2.45. The molecule has 0 atom stereocenters. The zero-order valence-electron chi connectivity index (χ0n) is 13.6. The van der Waals surface area contributed by atoms with Crippen molar-refractivity contribution < 1.29 is 9.59 Å². The van der Waals surface area contributed by atoms with Crippen LogP contribution in [0.15, 0.2) is 30.3 Å². The Kier molecular flexibility index (Phi) is 6.13. The van der Waals surface area contributed by atoms with Crippen LogP contribution in [0.1, 0.15) is 37.0 Å². The standard InChI is InChI=1S/C18H26N2O2/c1-3-20(4-2)17(21)14-19-12-10-16(11-13-19)18(22)15-8-6-5-7-9-15/h5-9,16H,3-4,10-14H2,1-2H3. The summed E-state index contributed by atoms with van der Waals surface area (Å²) < 4.78 is 0. The summed E-state index contributed by atoms with van der Waals surface area (Å²) in [6.45, 7) is 7.68. The number of piperidine rings is 1. The lowest BCUT2D eigenvalue weighted by Crippen LogP contribution is -2.44. The molecule has 0 aliphatic carbocycles. The van der Waals surface area contributed by atoms with Gasteiger partial charge < -0.3 is 4.90 Å². The molecule has 1 aliphatic heterocycles. The molecule has 120 valence electrons. The van der Waals surface area contributed by atoms with E-state index in [1.807, 2.05) is 49.1 Å². The van der Waals surface area contributed by atoms with Gasteiger partial charge >= 0.3 is 0 Å². The molecule has 1 saturated heterocycles. The van der Waals surface area contributed by atoms with Crippen LogP contribution in [0.5, 0.6) is 0 Å². The summed E-state index contributed by atoms with van der Waals surface area (Å²) in [5, 5.41) is 0.